The third-order valence-electron chi connectivity index (χ3n) is 3.64. The molecule has 1 aliphatic carbocycles. The minimum absolute atomic E-state index is 0.689. The summed E-state index contributed by atoms with van der Waals surface area (Å²) in [6.45, 7) is 2.82. The first kappa shape index (κ1) is 12.6. The molecule has 1 aromatic rings. The van der Waals surface area contributed by atoms with E-state index in [1.807, 2.05) is 6.92 Å². The number of hydrogen-bond acceptors (Lipinski definition) is 4. The van der Waals surface area contributed by atoms with Crippen LogP contribution in [-0.2, 0) is 13.0 Å². The van der Waals surface area contributed by atoms with E-state index in [2.05, 4.69) is 22.1 Å². The minimum atomic E-state index is 0.689. The van der Waals surface area contributed by atoms with Gasteiger partial charge >= 0.3 is 0 Å². The molecule has 0 amide bonds. The normalized spacial score (nSPS) is 18.5. The zero-order valence-corrected chi connectivity index (χ0v) is 11.0. The molecule has 0 unspecified atom stereocenters. The Morgan fingerprint density at radius 1 is 1.12 bits per heavy atom. The lowest BCUT2D eigenvalue weighted by Crippen LogP contribution is -2.30. The van der Waals surface area contributed by atoms with Gasteiger partial charge in [0.1, 0.15) is 0 Å². The summed E-state index contributed by atoms with van der Waals surface area (Å²) < 4.78 is 5.56. The molecule has 96 valence electrons. The van der Waals surface area contributed by atoms with Gasteiger partial charge in [-0.2, -0.15) is 0 Å². The summed E-state index contributed by atoms with van der Waals surface area (Å²) in [5, 5.41) is 8.09. The Kier molecular flexibility index (Phi) is 4.54. The van der Waals surface area contributed by atoms with E-state index in [9.17, 15) is 0 Å². The van der Waals surface area contributed by atoms with Gasteiger partial charge in [0.2, 0.25) is 11.8 Å². The van der Waals surface area contributed by atoms with Crippen LogP contribution in [0.5, 0.6) is 0 Å². The third-order valence-corrected chi connectivity index (χ3v) is 3.64. The molecular formula is C13H23N3O. The predicted octanol–water partition coefficient (Wildman–Crippen LogP) is 2.79. The number of aromatic nitrogens is 2. The second-order valence-corrected chi connectivity index (χ2v) is 5.00. The first-order valence-corrected chi connectivity index (χ1v) is 6.81. The maximum atomic E-state index is 5.56. The molecule has 1 fully saturated rings. The van der Waals surface area contributed by atoms with E-state index in [0.717, 1.165) is 24.7 Å². The molecule has 0 N–H and O–H groups in total. The summed E-state index contributed by atoms with van der Waals surface area (Å²) >= 11 is 0. The van der Waals surface area contributed by atoms with Crippen molar-refractivity contribution in [1.82, 2.24) is 15.1 Å². The first-order valence-electron chi connectivity index (χ1n) is 6.81. The Hall–Kier alpha value is -0.900. The molecule has 0 atom stereocenters. The minimum Gasteiger partial charge on any atom is -0.424 e. The maximum absolute atomic E-state index is 5.56. The van der Waals surface area contributed by atoms with Gasteiger partial charge < -0.3 is 4.42 Å². The molecule has 1 heterocycles. The lowest BCUT2D eigenvalue weighted by atomic mass is 10.1. The summed E-state index contributed by atoms with van der Waals surface area (Å²) in [5.41, 5.74) is 0. The predicted molar refractivity (Wildman–Crippen MR) is 66.6 cm³/mol. The lowest BCUT2D eigenvalue weighted by molar-refractivity contribution is 0.193. The van der Waals surface area contributed by atoms with Crippen LogP contribution in [0.25, 0.3) is 0 Å². The van der Waals surface area contributed by atoms with Crippen molar-refractivity contribution in [2.45, 2.75) is 64.5 Å². The zero-order valence-electron chi connectivity index (χ0n) is 11.0. The monoisotopic (exact) mass is 237 g/mol. The number of rotatable bonds is 4. The van der Waals surface area contributed by atoms with Crippen molar-refractivity contribution in [2.24, 2.45) is 0 Å². The van der Waals surface area contributed by atoms with Gasteiger partial charge in [-0.1, -0.05) is 32.6 Å². The highest BCUT2D eigenvalue weighted by atomic mass is 16.4. The van der Waals surface area contributed by atoms with E-state index in [-0.39, 0.29) is 0 Å². The zero-order chi connectivity index (χ0) is 12.1. The largest absolute Gasteiger partial charge is 0.424 e. The van der Waals surface area contributed by atoms with Crippen LogP contribution in [0, 0.1) is 0 Å². The molecule has 0 aliphatic heterocycles. The molecule has 4 nitrogen and oxygen atoms in total. The van der Waals surface area contributed by atoms with Crippen LogP contribution in [0.2, 0.25) is 0 Å². The summed E-state index contributed by atoms with van der Waals surface area (Å²) in [4.78, 5) is 2.37. The number of aryl methyl sites for hydroxylation is 1. The fraction of sp³-hybridized carbons (Fsp3) is 0.846. The number of nitrogens with zero attached hydrogens (tertiary/aromatic N) is 3. The van der Waals surface area contributed by atoms with Crippen LogP contribution in [-0.4, -0.2) is 28.2 Å². The van der Waals surface area contributed by atoms with E-state index in [4.69, 9.17) is 4.42 Å². The quantitative estimate of drug-likeness (QED) is 0.755. The average molecular weight is 237 g/mol. The van der Waals surface area contributed by atoms with E-state index in [1.54, 1.807) is 0 Å². The smallest absolute Gasteiger partial charge is 0.230 e. The van der Waals surface area contributed by atoms with Crippen LogP contribution in [0.1, 0.15) is 57.2 Å². The third kappa shape index (κ3) is 3.53. The van der Waals surface area contributed by atoms with E-state index in [0.29, 0.717) is 6.04 Å². The van der Waals surface area contributed by atoms with Crippen molar-refractivity contribution in [3.8, 4) is 0 Å². The molecule has 0 saturated heterocycles. The first-order chi connectivity index (χ1) is 8.29. The second-order valence-electron chi connectivity index (χ2n) is 5.00. The van der Waals surface area contributed by atoms with Gasteiger partial charge in [-0.15, -0.1) is 10.2 Å². The van der Waals surface area contributed by atoms with Gasteiger partial charge in [0.25, 0.3) is 0 Å². The fourth-order valence-corrected chi connectivity index (χ4v) is 2.54. The Bertz CT molecular complexity index is 329. The van der Waals surface area contributed by atoms with Crippen molar-refractivity contribution >= 4 is 0 Å². The van der Waals surface area contributed by atoms with Gasteiger partial charge in [-0.25, -0.2) is 0 Å². The highest BCUT2D eigenvalue weighted by Gasteiger charge is 2.18. The Labute approximate surface area is 103 Å². The summed E-state index contributed by atoms with van der Waals surface area (Å²) in [7, 11) is 2.17. The summed E-state index contributed by atoms with van der Waals surface area (Å²) in [5.74, 6) is 1.50. The van der Waals surface area contributed by atoms with Crippen LogP contribution >= 0.6 is 0 Å². The second kappa shape index (κ2) is 6.15. The van der Waals surface area contributed by atoms with Crippen molar-refractivity contribution in [3.63, 3.8) is 0 Å². The van der Waals surface area contributed by atoms with Crippen molar-refractivity contribution in [2.75, 3.05) is 7.05 Å². The van der Waals surface area contributed by atoms with E-state index in [1.165, 1.54) is 38.5 Å². The van der Waals surface area contributed by atoms with E-state index >= 15 is 0 Å². The van der Waals surface area contributed by atoms with Gasteiger partial charge in [0, 0.05) is 12.5 Å². The molecule has 1 saturated carbocycles. The standard InChI is InChI=1S/C13H23N3O/c1-3-12-14-15-13(17-12)10-16(2)11-8-6-4-5-7-9-11/h11H,3-10H2,1-2H3. The Balaban J connectivity index is 1.88. The van der Waals surface area contributed by atoms with Crippen molar-refractivity contribution in [3.05, 3.63) is 11.8 Å². The fourth-order valence-electron chi connectivity index (χ4n) is 2.54. The highest BCUT2D eigenvalue weighted by Crippen LogP contribution is 2.22. The molecule has 1 aromatic heterocycles. The molecule has 4 heteroatoms. The van der Waals surface area contributed by atoms with Gasteiger partial charge in [-0.05, 0) is 19.9 Å². The SMILES string of the molecule is CCc1nnc(CN(C)C2CCCCCC2)o1. The summed E-state index contributed by atoms with van der Waals surface area (Å²) in [6.07, 6.45) is 8.95. The van der Waals surface area contributed by atoms with Crippen LogP contribution in [0.4, 0.5) is 0 Å². The van der Waals surface area contributed by atoms with Crippen LogP contribution in [0.3, 0.4) is 0 Å². The average Bonchev–Trinajstić information content (AvgIpc) is 2.62. The molecular weight excluding hydrogens is 214 g/mol. The molecule has 0 radical (unpaired) electrons. The topological polar surface area (TPSA) is 42.2 Å². The maximum Gasteiger partial charge on any atom is 0.230 e. The molecule has 0 spiro atoms. The molecule has 2 rings (SSSR count). The van der Waals surface area contributed by atoms with Crippen LogP contribution < -0.4 is 0 Å². The Morgan fingerprint density at radius 2 is 1.76 bits per heavy atom. The molecule has 0 aromatic carbocycles. The van der Waals surface area contributed by atoms with Crippen molar-refractivity contribution in [1.29, 1.82) is 0 Å². The number of hydrogen-bond donors (Lipinski definition) is 0. The highest BCUT2D eigenvalue weighted by molar-refractivity contribution is 4.83. The van der Waals surface area contributed by atoms with E-state index < -0.39 is 0 Å². The summed E-state index contributed by atoms with van der Waals surface area (Å²) in [6, 6.07) is 0.689. The molecule has 17 heavy (non-hydrogen) atoms. The molecule has 0 bridgehead atoms. The van der Waals surface area contributed by atoms with Crippen molar-refractivity contribution < 1.29 is 4.42 Å². The van der Waals surface area contributed by atoms with Gasteiger partial charge in [0.15, 0.2) is 0 Å². The van der Waals surface area contributed by atoms with Crippen LogP contribution in [0.15, 0.2) is 4.42 Å². The molecule has 1 aliphatic rings. The lowest BCUT2D eigenvalue weighted by Gasteiger charge is -2.25. The Morgan fingerprint density at radius 3 is 2.35 bits per heavy atom. The van der Waals surface area contributed by atoms with Gasteiger partial charge in [-0.3, -0.25) is 4.90 Å². The van der Waals surface area contributed by atoms with Gasteiger partial charge in [0.05, 0.1) is 6.54 Å².